The number of aromatic amines is 1. The van der Waals surface area contributed by atoms with Gasteiger partial charge in [0.2, 0.25) is 0 Å². The second kappa shape index (κ2) is 6.08. The molecule has 0 unspecified atom stereocenters. The molecule has 7 nitrogen and oxygen atoms in total. The molecule has 0 aliphatic rings. The molecule has 0 radical (unpaired) electrons. The number of amidine groups is 1. The molecule has 2 aromatic rings. The number of benzene rings is 1. The summed E-state index contributed by atoms with van der Waals surface area (Å²) in [6, 6.07) is 5.30. The molecule has 1 aromatic carbocycles. The van der Waals surface area contributed by atoms with E-state index in [4.69, 9.17) is 10.00 Å². The zero-order chi connectivity index (χ0) is 14.5. The minimum absolute atomic E-state index is 0.166. The van der Waals surface area contributed by atoms with Gasteiger partial charge in [-0.3, -0.25) is 10.4 Å². The molecule has 1 aromatic heterocycles. The third-order valence-corrected chi connectivity index (χ3v) is 3.10. The Morgan fingerprint density at radius 3 is 3.05 bits per heavy atom. The Balaban J connectivity index is 2.61. The molecule has 0 fully saturated rings. The normalized spacial score (nSPS) is 11.2. The maximum atomic E-state index is 11.7. The van der Waals surface area contributed by atoms with Gasteiger partial charge in [-0.25, -0.2) is 9.79 Å². The first-order valence-corrected chi connectivity index (χ1v) is 6.77. The standard InChI is InChI=1S/C12H11N5O2S/c1-19-11(18)10-9-7(15-12(20-2)14-6-13)4-3-5-8(9)16-17-10/h3-5H,1-2H3,(H,14,15)(H,16,17). The van der Waals surface area contributed by atoms with Crippen LogP contribution in [0.1, 0.15) is 10.5 Å². The number of thioether (sulfide) groups is 1. The molecule has 1 heterocycles. The fourth-order valence-corrected chi connectivity index (χ4v) is 2.01. The number of aliphatic imine (C=N–C) groups is 1. The Hall–Kier alpha value is -2.53. The number of nitrogens with zero attached hydrogens (tertiary/aromatic N) is 3. The summed E-state index contributed by atoms with van der Waals surface area (Å²) >= 11 is 1.29. The summed E-state index contributed by atoms with van der Waals surface area (Å²) in [6.45, 7) is 0. The van der Waals surface area contributed by atoms with Gasteiger partial charge in [-0.1, -0.05) is 17.8 Å². The predicted molar refractivity (Wildman–Crippen MR) is 76.8 cm³/mol. The van der Waals surface area contributed by atoms with Crippen molar-refractivity contribution in [3.63, 3.8) is 0 Å². The third kappa shape index (κ3) is 2.57. The van der Waals surface area contributed by atoms with E-state index in [1.807, 2.05) is 6.19 Å². The molecular formula is C12H11N5O2S. The highest BCUT2D eigenvalue weighted by Crippen LogP contribution is 2.28. The molecule has 2 rings (SSSR count). The molecule has 2 N–H and O–H groups in total. The Morgan fingerprint density at radius 1 is 1.60 bits per heavy atom. The largest absolute Gasteiger partial charge is 0.464 e. The lowest BCUT2D eigenvalue weighted by molar-refractivity contribution is 0.0596. The van der Waals surface area contributed by atoms with Gasteiger partial charge >= 0.3 is 5.97 Å². The minimum Gasteiger partial charge on any atom is -0.464 e. The van der Waals surface area contributed by atoms with Crippen LogP contribution < -0.4 is 5.32 Å². The van der Waals surface area contributed by atoms with Crippen molar-refractivity contribution in [2.24, 2.45) is 4.99 Å². The first-order chi connectivity index (χ1) is 9.71. The second-order valence-corrected chi connectivity index (χ2v) is 4.42. The topological polar surface area (TPSA) is 103 Å². The number of nitriles is 1. The first-order valence-electron chi connectivity index (χ1n) is 5.54. The fourth-order valence-electron chi connectivity index (χ4n) is 1.67. The van der Waals surface area contributed by atoms with Crippen molar-refractivity contribution in [2.75, 3.05) is 13.4 Å². The summed E-state index contributed by atoms with van der Waals surface area (Å²) in [6.07, 6.45) is 3.60. The van der Waals surface area contributed by atoms with Gasteiger partial charge < -0.3 is 4.74 Å². The van der Waals surface area contributed by atoms with Crippen molar-refractivity contribution in [2.45, 2.75) is 0 Å². The van der Waals surface area contributed by atoms with E-state index < -0.39 is 5.97 Å². The number of hydrogen-bond acceptors (Lipinski definition) is 6. The van der Waals surface area contributed by atoms with Crippen molar-refractivity contribution in [1.82, 2.24) is 15.5 Å². The van der Waals surface area contributed by atoms with Crippen LogP contribution >= 0.6 is 11.8 Å². The van der Waals surface area contributed by atoms with Crippen LogP contribution in [0.3, 0.4) is 0 Å². The van der Waals surface area contributed by atoms with Crippen molar-refractivity contribution >= 4 is 39.5 Å². The average Bonchev–Trinajstić information content (AvgIpc) is 2.91. The van der Waals surface area contributed by atoms with Gasteiger partial charge in [0.25, 0.3) is 0 Å². The molecule has 0 saturated heterocycles. The van der Waals surface area contributed by atoms with E-state index >= 15 is 0 Å². The van der Waals surface area contributed by atoms with Gasteiger partial charge in [-0.2, -0.15) is 10.4 Å². The van der Waals surface area contributed by atoms with E-state index in [2.05, 4.69) is 20.5 Å². The summed E-state index contributed by atoms with van der Waals surface area (Å²) in [5, 5.41) is 18.8. The number of aromatic nitrogens is 2. The van der Waals surface area contributed by atoms with Gasteiger partial charge in [0, 0.05) is 0 Å². The summed E-state index contributed by atoms with van der Waals surface area (Å²) < 4.78 is 4.69. The summed E-state index contributed by atoms with van der Waals surface area (Å²) in [7, 11) is 1.29. The van der Waals surface area contributed by atoms with Gasteiger partial charge in [0.15, 0.2) is 17.1 Å². The Kier molecular flexibility index (Phi) is 4.22. The zero-order valence-electron chi connectivity index (χ0n) is 10.8. The van der Waals surface area contributed by atoms with Crippen LogP contribution in [0.15, 0.2) is 23.2 Å². The van der Waals surface area contributed by atoms with E-state index in [-0.39, 0.29) is 5.69 Å². The van der Waals surface area contributed by atoms with Gasteiger partial charge in [0.05, 0.1) is 23.7 Å². The maximum Gasteiger partial charge on any atom is 0.359 e. The molecule has 0 bridgehead atoms. The first kappa shape index (κ1) is 13.9. The van der Waals surface area contributed by atoms with Crippen LogP contribution in [-0.2, 0) is 4.74 Å². The van der Waals surface area contributed by atoms with E-state index in [0.717, 1.165) is 0 Å². The number of methoxy groups -OCH3 is 1. The molecular weight excluding hydrogens is 278 g/mol. The SMILES string of the molecule is COC(=O)c1n[nH]c2cccc(N=C(NC#N)SC)c12. The minimum atomic E-state index is -0.544. The molecule has 0 amide bonds. The molecule has 0 atom stereocenters. The highest BCUT2D eigenvalue weighted by atomic mass is 32.2. The Bertz CT molecular complexity index is 716. The molecule has 0 aliphatic carbocycles. The fraction of sp³-hybridized carbons (Fsp3) is 0.167. The summed E-state index contributed by atoms with van der Waals surface area (Å²) in [5.41, 5.74) is 1.37. The second-order valence-electron chi connectivity index (χ2n) is 3.62. The molecule has 0 aliphatic heterocycles. The molecule has 8 heteroatoms. The van der Waals surface area contributed by atoms with Crippen LogP contribution in [0.5, 0.6) is 0 Å². The number of carbonyl (C=O) groups excluding carboxylic acids is 1. The highest BCUT2D eigenvalue weighted by Gasteiger charge is 2.17. The van der Waals surface area contributed by atoms with Crippen LogP contribution in [0.4, 0.5) is 5.69 Å². The number of hydrogen-bond donors (Lipinski definition) is 2. The van der Waals surface area contributed by atoms with Gasteiger partial charge in [-0.15, -0.1) is 0 Å². The molecule has 0 spiro atoms. The van der Waals surface area contributed by atoms with Crippen molar-refractivity contribution in [3.05, 3.63) is 23.9 Å². The van der Waals surface area contributed by atoms with Gasteiger partial charge in [0.1, 0.15) is 0 Å². The predicted octanol–water partition coefficient (Wildman–Crippen LogP) is 1.77. The highest BCUT2D eigenvalue weighted by molar-refractivity contribution is 8.13. The Morgan fingerprint density at radius 2 is 2.40 bits per heavy atom. The van der Waals surface area contributed by atoms with Crippen LogP contribution in [0.2, 0.25) is 0 Å². The number of rotatable bonds is 2. The number of H-pyrrole nitrogens is 1. The molecule has 20 heavy (non-hydrogen) atoms. The third-order valence-electron chi connectivity index (χ3n) is 2.52. The quantitative estimate of drug-likeness (QED) is 0.287. The summed E-state index contributed by atoms with van der Waals surface area (Å²) in [4.78, 5) is 16.0. The van der Waals surface area contributed by atoms with Crippen LogP contribution in [0.25, 0.3) is 10.9 Å². The lowest BCUT2D eigenvalue weighted by Crippen LogP contribution is -2.12. The Labute approximate surface area is 119 Å². The number of esters is 1. The number of fused-ring (bicyclic) bond motifs is 1. The molecule has 102 valence electrons. The van der Waals surface area contributed by atoms with Crippen LogP contribution in [-0.4, -0.2) is 34.7 Å². The van der Waals surface area contributed by atoms with Gasteiger partial charge in [-0.05, 0) is 18.4 Å². The number of carbonyl (C=O) groups is 1. The van der Waals surface area contributed by atoms with E-state index in [9.17, 15) is 4.79 Å². The maximum absolute atomic E-state index is 11.7. The van der Waals surface area contributed by atoms with Crippen molar-refractivity contribution in [1.29, 1.82) is 5.26 Å². The number of nitrogens with one attached hydrogen (secondary N) is 2. The zero-order valence-corrected chi connectivity index (χ0v) is 11.6. The average molecular weight is 289 g/mol. The number of ether oxygens (including phenoxy) is 1. The smallest absolute Gasteiger partial charge is 0.359 e. The monoisotopic (exact) mass is 289 g/mol. The van der Waals surface area contributed by atoms with Crippen molar-refractivity contribution in [3.8, 4) is 6.19 Å². The lowest BCUT2D eigenvalue weighted by Gasteiger charge is -2.02. The molecule has 0 saturated carbocycles. The van der Waals surface area contributed by atoms with Crippen LogP contribution in [0, 0.1) is 11.5 Å². The van der Waals surface area contributed by atoms with Crippen molar-refractivity contribution < 1.29 is 9.53 Å². The lowest BCUT2D eigenvalue weighted by atomic mass is 10.1. The van der Waals surface area contributed by atoms with E-state index in [1.165, 1.54) is 18.9 Å². The van der Waals surface area contributed by atoms with E-state index in [1.54, 1.807) is 24.5 Å². The van der Waals surface area contributed by atoms with E-state index in [0.29, 0.717) is 21.8 Å². The summed E-state index contributed by atoms with van der Waals surface area (Å²) in [5.74, 6) is -0.544.